The average Bonchev–Trinajstić information content (AvgIpc) is 2.33. The van der Waals surface area contributed by atoms with Gasteiger partial charge in [-0.05, 0) is 16.8 Å². The van der Waals surface area contributed by atoms with E-state index in [4.69, 9.17) is 8.54 Å². The molecule has 0 amide bonds. The topological polar surface area (TPSA) is 18.5 Å². The lowest BCUT2D eigenvalue weighted by Gasteiger charge is -2.16. The van der Waals surface area contributed by atoms with E-state index in [1.54, 1.807) is 0 Å². The molecule has 1 heterocycles. The van der Waals surface area contributed by atoms with E-state index in [2.05, 4.69) is 18.2 Å². The van der Waals surface area contributed by atoms with Crippen LogP contribution < -0.4 is 9.61 Å². The zero-order valence-corrected chi connectivity index (χ0v) is 10.4. The van der Waals surface area contributed by atoms with Gasteiger partial charge in [0.15, 0.2) is 0 Å². The first-order chi connectivity index (χ1) is 7.95. The second-order valence-electron chi connectivity index (χ2n) is 3.43. The van der Waals surface area contributed by atoms with Crippen LogP contribution in [0.15, 0.2) is 48.5 Å². The Morgan fingerprint density at radius 2 is 1.56 bits per heavy atom. The van der Waals surface area contributed by atoms with Gasteiger partial charge in [-0.25, -0.2) is 0 Å². The molecule has 0 fully saturated rings. The molecule has 0 aliphatic carbocycles. The van der Waals surface area contributed by atoms with E-state index in [0.29, 0.717) is 9.76 Å². The van der Waals surface area contributed by atoms with E-state index in [1.165, 1.54) is 10.8 Å². The standard InChI is InChI=1S/C12H8O2Si2/c1-3-7-11-9(5-1)10-6-2-4-8-12(10)15-14-16-13-11/h1-8H. The second-order valence-corrected chi connectivity index (χ2v) is 5.36. The fraction of sp³-hybridized carbons (Fsp3) is 0. The molecule has 3 rings (SSSR count). The minimum absolute atomic E-state index is 0.0817. The lowest BCUT2D eigenvalue weighted by molar-refractivity contribution is 0.478. The normalized spacial score (nSPS) is 14.0. The van der Waals surface area contributed by atoms with Crippen LogP contribution in [0.3, 0.4) is 0 Å². The lowest BCUT2D eigenvalue weighted by Crippen LogP contribution is -2.26. The number of fused-ring (bicyclic) bond motifs is 3. The highest BCUT2D eigenvalue weighted by molar-refractivity contribution is 6.55. The second kappa shape index (κ2) is 4.25. The Kier molecular flexibility index (Phi) is 2.61. The highest BCUT2D eigenvalue weighted by Crippen LogP contribution is 2.28. The smallest absolute Gasteiger partial charge is 0.509 e. The molecule has 0 saturated carbocycles. The molecule has 1 aliphatic rings. The van der Waals surface area contributed by atoms with Crippen molar-refractivity contribution in [3.63, 3.8) is 0 Å². The Bertz CT molecular complexity index is 466. The third-order valence-corrected chi connectivity index (χ3v) is 4.16. The van der Waals surface area contributed by atoms with Crippen molar-refractivity contribution in [2.24, 2.45) is 0 Å². The van der Waals surface area contributed by atoms with Gasteiger partial charge in [0, 0.05) is 5.56 Å². The van der Waals surface area contributed by atoms with Crippen LogP contribution in [0.4, 0.5) is 0 Å². The van der Waals surface area contributed by atoms with Crippen molar-refractivity contribution in [1.82, 2.24) is 0 Å². The molecule has 0 N–H and O–H groups in total. The molecule has 4 heteroatoms. The Morgan fingerprint density at radius 1 is 0.812 bits per heavy atom. The van der Waals surface area contributed by atoms with Gasteiger partial charge in [0.1, 0.15) is 5.75 Å². The van der Waals surface area contributed by atoms with Crippen LogP contribution in [0.5, 0.6) is 5.75 Å². The molecule has 16 heavy (non-hydrogen) atoms. The van der Waals surface area contributed by atoms with E-state index in [0.717, 1.165) is 11.3 Å². The van der Waals surface area contributed by atoms with Crippen LogP contribution in [-0.4, -0.2) is 19.8 Å². The van der Waals surface area contributed by atoms with E-state index < -0.39 is 0 Å². The summed E-state index contributed by atoms with van der Waals surface area (Å²) in [6.45, 7) is 0. The molecule has 2 aromatic rings. The van der Waals surface area contributed by atoms with Gasteiger partial charge < -0.3 is 8.54 Å². The molecule has 2 nitrogen and oxygen atoms in total. The number of hydrogen-bond donors (Lipinski definition) is 0. The zero-order chi connectivity index (χ0) is 10.8. The first kappa shape index (κ1) is 9.83. The highest BCUT2D eigenvalue weighted by Gasteiger charge is 2.15. The molecule has 4 radical (unpaired) electrons. The molecule has 0 atom stereocenters. The first-order valence-corrected chi connectivity index (χ1v) is 6.70. The van der Waals surface area contributed by atoms with Crippen molar-refractivity contribution >= 4 is 25.0 Å². The molecule has 0 aromatic heterocycles. The molecule has 0 saturated heterocycles. The van der Waals surface area contributed by atoms with Gasteiger partial charge in [-0.2, -0.15) is 0 Å². The minimum atomic E-state index is 0.0817. The maximum atomic E-state index is 5.60. The van der Waals surface area contributed by atoms with Gasteiger partial charge in [-0.15, -0.1) is 0 Å². The summed E-state index contributed by atoms with van der Waals surface area (Å²) >= 11 is 0. The predicted molar refractivity (Wildman–Crippen MR) is 64.7 cm³/mol. The van der Waals surface area contributed by atoms with Crippen LogP contribution >= 0.6 is 0 Å². The van der Waals surface area contributed by atoms with Crippen LogP contribution in [0.1, 0.15) is 0 Å². The summed E-state index contributed by atoms with van der Waals surface area (Å²) in [6.07, 6.45) is 0. The number of rotatable bonds is 0. The van der Waals surface area contributed by atoms with Crippen LogP contribution in [0.25, 0.3) is 11.1 Å². The summed E-state index contributed by atoms with van der Waals surface area (Å²) in [7, 11) is 0.442. The van der Waals surface area contributed by atoms with Crippen molar-refractivity contribution in [3.8, 4) is 16.9 Å². The van der Waals surface area contributed by atoms with E-state index in [1.807, 2.05) is 30.3 Å². The summed E-state index contributed by atoms with van der Waals surface area (Å²) in [5, 5.41) is 1.24. The third-order valence-electron chi connectivity index (χ3n) is 2.46. The van der Waals surface area contributed by atoms with Crippen molar-refractivity contribution in [2.75, 3.05) is 0 Å². The van der Waals surface area contributed by atoms with E-state index in [9.17, 15) is 0 Å². The molecule has 0 unspecified atom stereocenters. The van der Waals surface area contributed by atoms with Gasteiger partial charge in [0.2, 0.25) is 0 Å². The predicted octanol–water partition coefficient (Wildman–Crippen LogP) is 1.54. The van der Waals surface area contributed by atoms with Crippen LogP contribution in [0.2, 0.25) is 0 Å². The molecule has 2 aromatic carbocycles. The van der Waals surface area contributed by atoms with Crippen LogP contribution in [-0.2, 0) is 4.12 Å². The summed E-state index contributed by atoms with van der Waals surface area (Å²) in [4.78, 5) is 0. The molecule has 76 valence electrons. The maximum Gasteiger partial charge on any atom is 0.509 e. The number of para-hydroxylation sites is 1. The molecule has 1 aliphatic heterocycles. The Morgan fingerprint density at radius 3 is 2.50 bits per heavy atom. The van der Waals surface area contributed by atoms with Gasteiger partial charge in [0.25, 0.3) is 9.76 Å². The minimum Gasteiger partial charge on any atom is -0.517 e. The van der Waals surface area contributed by atoms with Crippen molar-refractivity contribution in [2.45, 2.75) is 0 Å². The number of hydrogen-bond acceptors (Lipinski definition) is 2. The first-order valence-electron chi connectivity index (χ1n) is 4.97. The Labute approximate surface area is 99.2 Å². The zero-order valence-electron chi connectivity index (χ0n) is 8.44. The van der Waals surface area contributed by atoms with Gasteiger partial charge in [-0.3, -0.25) is 0 Å². The SMILES string of the molecule is c1ccc2c(c1)O[Si]O[Si]c1ccccc1-2. The van der Waals surface area contributed by atoms with Gasteiger partial charge in [-0.1, -0.05) is 42.5 Å². The fourth-order valence-corrected chi connectivity index (χ4v) is 3.26. The highest BCUT2D eigenvalue weighted by atomic mass is 28.3. The third kappa shape index (κ3) is 1.71. The summed E-state index contributed by atoms with van der Waals surface area (Å²) in [5.41, 5.74) is 2.36. The molecular weight excluding hydrogens is 232 g/mol. The molecule has 0 spiro atoms. The fourth-order valence-electron chi connectivity index (χ4n) is 1.73. The van der Waals surface area contributed by atoms with E-state index >= 15 is 0 Å². The van der Waals surface area contributed by atoms with E-state index in [-0.39, 0.29) is 10.0 Å². The maximum absolute atomic E-state index is 5.60. The van der Waals surface area contributed by atoms with Crippen molar-refractivity contribution in [3.05, 3.63) is 48.5 Å². The summed E-state index contributed by atoms with van der Waals surface area (Å²) in [6, 6.07) is 16.4. The quantitative estimate of drug-likeness (QED) is 0.650. The summed E-state index contributed by atoms with van der Waals surface area (Å²) in [5.74, 6) is 0.901. The lowest BCUT2D eigenvalue weighted by atomic mass is 10.0. The Balaban J connectivity index is 2.22. The number of benzene rings is 2. The van der Waals surface area contributed by atoms with Gasteiger partial charge in [0.05, 0.1) is 0 Å². The van der Waals surface area contributed by atoms with Crippen molar-refractivity contribution < 1.29 is 8.54 Å². The average molecular weight is 240 g/mol. The monoisotopic (exact) mass is 240 g/mol. The summed E-state index contributed by atoms with van der Waals surface area (Å²) < 4.78 is 11.1. The van der Waals surface area contributed by atoms with Gasteiger partial charge >= 0.3 is 10.0 Å². The molecule has 0 bridgehead atoms. The Hall–Kier alpha value is -1.37. The van der Waals surface area contributed by atoms with Crippen molar-refractivity contribution in [1.29, 1.82) is 0 Å². The largest absolute Gasteiger partial charge is 0.517 e. The molecular formula is C12H8O2Si2. The van der Waals surface area contributed by atoms with Crippen LogP contribution in [0, 0.1) is 0 Å².